The van der Waals surface area contributed by atoms with E-state index in [-0.39, 0.29) is 40.1 Å². The summed E-state index contributed by atoms with van der Waals surface area (Å²) < 4.78 is 37.0. The van der Waals surface area contributed by atoms with Crippen molar-refractivity contribution in [2.45, 2.75) is 29.7 Å². The second-order valence-electron chi connectivity index (χ2n) is 6.73. The molecule has 0 bridgehead atoms. The van der Waals surface area contributed by atoms with Crippen molar-refractivity contribution in [1.82, 2.24) is 10.6 Å². The second-order valence-corrected chi connectivity index (χ2v) is 8.29. The number of nitrogens with two attached hydrogens (primary N) is 1. The fourth-order valence-electron chi connectivity index (χ4n) is 3.08. The molecule has 0 aliphatic heterocycles. The van der Waals surface area contributed by atoms with Crippen molar-refractivity contribution < 1.29 is 12.8 Å². The molecule has 4 N–H and O–H groups in total. The largest absolute Gasteiger partial charge is 0.356 e. The van der Waals surface area contributed by atoms with Crippen LogP contribution in [0.4, 0.5) is 4.39 Å². The Labute approximate surface area is 181 Å². The molecule has 0 radical (unpaired) electrons. The SMILES string of the molecule is CN=C(NCc1cccc(S(N)(=O)=O)c1)NCC1(c2ccccc2F)CC1.I. The van der Waals surface area contributed by atoms with Crippen LogP contribution in [0, 0.1) is 5.82 Å². The number of rotatable bonds is 6. The van der Waals surface area contributed by atoms with Gasteiger partial charge in [0.25, 0.3) is 0 Å². The van der Waals surface area contributed by atoms with Crippen LogP contribution in [0.5, 0.6) is 0 Å². The predicted molar refractivity (Wildman–Crippen MR) is 119 cm³/mol. The van der Waals surface area contributed by atoms with Gasteiger partial charge in [-0.1, -0.05) is 30.3 Å². The van der Waals surface area contributed by atoms with Gasteiger partial charge in [0.1, 0.15) is 5.82 Å². The molecule has 0 aromatic heterocycles. The number of sulfonamides is 1. The molecule has 28 heavy (non-hydrogen) atoms. The highest BCUT2D eigenvalue weighted by atomic mass is 127. The normalized spacial score (nSPS) is 15.5. The monoisotopic (exact) mass is 518 g/mol. The molecule has 0 atom stereocenters. The third kappa shape index (κ3) is 5.42. The topological polar surface area (TPSA) is 96.6 Å². The van der Waals surface area contributed by atoms with E-state index >= 15 is 0 Å². The van der Waals surface area contributed by atoms with Crippen molar-refractivity contribution in [3.05, 3.63) is 65.5 Å². The van der Waals surface area contributed by atoms with E-state index in [0.717, 1.165) is 24.0 Å². The van der Waals surface area contributed by atoms with Gasteiger partial charge < -0.3 is 10.6 Å². The zero-order valence-corrected chi connectivity index (χ0v) is 18.6. The lowest BCUT2D eigenvalue weighted by atomic mass is 9.95. The molecule has 0 spiro atoms. The summed E-state index contributed by atoms with van der Waals surface area (Å²) in [5.41, 5.74) is 1.30. The van der Waals surface area contributed by atoms with Gasteiger partial charge in [-0.25, -0.2) is 17.9 Å². The zero-order chi connectivity index (χ0) is 19.5. The number of guanidine groups is 1. The third-order valence-corrected chi connectivity index (χ3v) is 5.71. The molecular formula is C19H24FIN4O2S. The zero-order valence-electron chi connectivity index (χ0n) is 15.5. The summed E-state index contributed by atoms with van der Waals surface area (Å²) in [5, 5.41) is 11.5. The molecule has 3 rings (SSSR count). The molecule has 1 aliphatic carbocycles. The van der Waals surface area contributed by atoms with Crippen molar-refractivity contribution in [1.29, 1.82) is 0 Å². The number of hydrogen-bond acceptors (Lipinski definition) is 3. The number of benzene rings is 2. The standard InChI is InChI=1S/C19H23FN4O2S.HI/c1-22-18(23-12-14-5-4-6-15(11-14)27(21,25)26)24-13-19(9-10-19)16-7-2-3-8-17(16)20;/h2-8,11H,9-10,12-13H2,1H3,(H2,21,25,26)(H2,22,23,24);1H. The number of nitrogens with zero attached hydrogens (tertiary/aromatic N) is 1. The quantitative estimate of drug-likeness (QED) is 0.311. The van der Waals surface area contributed by atoms with Crippen molar-refractivity contribution in [3.63, 3.8) is 0 Å². The average molecular weight is 518 g/mol. The summed E-state index contributed by atoms with van der Waals surface area (Å²) in [5.74, 6) is 0.387. The Bertz CT molecular complexity index is 962. The van der Waals surface area contributed by atoms with Crippen LogP contribution in [0.25, 0.3) is 0 Å². The lowest BCUT2D eigenvalue weighted by molar-refractivity contribution is 0.559. The van der Waals surface area contributed by atoms with E-state index in [1.165, 1.54) is 18.2 Å². The number of aliphatic imine (C=N–C) groups is 1. The average Bonchev–Trinajstić information content (AvgIpc) is 3.43. The summed E-state index contributed by atoms with van der Waals surface area (Å²) in [6, 6.07) is 13.3. The van der Waals surface area contributed by atoms with Crippen molar-refractivity contribution in [2.24, 2.45) is 10.1 Å². The first-order chi connectivity index (χ1) is 12.8. The van der Waals surface area contributed by atoms with E-state index in [9.17, 15) is 12.8 Å². The molecule has 0 saturated heterocycles. The van der Waals surface area contributed by atoms with Crippen molar-refractivity contribution in [2.75, 3.05) is 13.6 Å². The number of primary sulfonamides is 1. The molecular weight excluding hydrogens is 494 g/mol. The van der Waals surface area contributed by atoms with Gasteiger partial charge in [-0.3, -0.25) is 4.99 Å². The number of nitrogens with one attached hydrogen (secondary N) is 2. The lowest BCUT2D eigenvalue weighted by Gasteiger charge is -2.19. The highest BCUT2D eigenvalue weighted by molar-refractivity contribution is 14.0. The Morgan fingerprint density at radius 3 is 2.50 bits per heavy atom. The van der Waals surface area contributed by atoms with E-state index in [1.807, 2.05) is 12.1 Å². The van der Waals surface area contributed by atoms with Gasteiger partial charge in [-0.15, -0.1) is 24.0 Å². The second kappa shape index (κ2) is 9.19. The van der Waals surface area contributed by atoms with Crippen LogP contribution in [-0.4, -0.2) is 28.0 Å². The van der Waals surface area contributed by atoms with Crippen LogP contribution >= 0.6 is 24.0 Å². The van der Waals surface area contributed by atoms with Gasteiger partial charge >= 0.3 is 0 Å². The molecule has 152 valence electrons. The van der Waals surface area contributed by atoms with E-state index in [2.05, 4.69) is 15.6 Å². The van der Waals surface area contributed by atoms with Crippen LogP contribution in [0.1, 0.15) is 24.0 Å². The van der Waals surface area contributed by atoms with E-state index in [1.54, 1.807) is 25.2 Å². The molecule has 1 fully saturated rings. The maximum absolute atomic E-state index is 14.1. The molecule has 0 unspecified atom stereocenters. The predicted octanol–water partition coefficient (Wildman–Crippen LogP) is 2.49. The minimum absolute atomic E-state index is 0. The van der Waals surface area contributed by atoms with E-state index in [4.69, 9.17) is 5.14 Å². The van der Waals surface area contributed by atoms with Crippen LogP contribution in [0.15, 0.2) is 58.4 Å². The first kappa shape index (κ1) is 22.6. The fourth-order valence-corrected chi connectivity index (χ4v) is 3.66. The van der Waals surface area contributed by atoms with Crippen molar-refractivity contribution >= 4 is 40.0 Å². The minimum atomic E-state index is -3.73. The van der Waals surface area contributed by atoms with E-state index in [0.29, 0.717) is 19.0 Å². The summed E-state index contributed by atoms with van der Waals surface area (Å²) in [7, 11) is -2.08. The van der Waals surface area contributed by atoms with Crippen LogP contribution in [0.2, 0.25) is 0 Å². The van der Waals surface area contributed by atoms with Gasteiger partial charge in [0.05, 0.1) is 4.90 Å². The first-order valence-electron chi connectivity index (χ1n) is 8.65. The van der Waals surface area contributed by atoms with Gasteiger partial charge in [-0.2, -0.15) is 0 Å². The smallest absolute Gasteiger partial charge is 0.238 e. The molecule has 0 heterocycles. The van der Waals surface area contributed by atoms with Crippen molar-refractivity contribution in [3.8, 4) is 0 Å². The highest BCUT2D eigenvalue weighted by Crippen LogP contribution is 2.48. The Hall–Kier alpha value is -1.72. The maximum Gasteiger partial charge on any atom is 0.238 e. The fraction of sp³-hybridized carbons (Fsp3) is 0.316. The summed E-state index contributed by atoms with van der Waals surface area (Å²) in [6.45, 7) is 0.959. The Morgan fingerprint density at radius 2 is 1.89 bits per heavy atom. The Morgan fingerprint density at radius 1 is 1.18 bits per heavy atom. The van der Waals surface area contributed by atoms with Gasteiger partial charge in [-0.05, 0) is 42.2 Å². The van der Waals surface area contributed by atoms with E-state index < -0.39 is 10.0 Å². The number of halogens is 2. The van der Waals surface area contributed by atoms with Crippen LogP contribution < -0.4 is 15.8 Å². The van der Waals surface area contributed by atoms with Gasteiger partial charge in [0.2, 0.25) is 10.0 Å². The molecule has 2 aromatic rings. The van der Waals surface area contributed by atoms with Crippen LogP contribution in [0.3, 0.4) is 0 Å². The number of hydrogen-bond donors (Lipinski definition) is 3. The molecule has 0 amide bonds. The Kier molecular flexibility index (Phi) is 7.40. The molecule has 1 aliphatic rings. The first-order valence-corrected chi connectivity index (χ1v) is 10.2. The summed E-state index contributed by atoms with van der Waals surface area (Å²) in [4.78, 5) is 4.25. The lowest BCUT2D eigenvalue weighted by Crippen LogP contribution is -2.41. The van der Waals surface area contributed by atoms with Gasteiger partial charge in [0, 0.05) is 25.6 Å². The highest BCUT2D eigenvalue weighted by Gasteiger charge is 2.45. The summed E-state index contributed by atoms with van der Waals surface area (Å²) in [6.07, 6.45) is 1.85. The molecule has 2 aromatic carbocycles. The molecule has 1 saturated carbocycles. The van der Waals surface area contributed by atoms with Gasteiger partial charge in [0.15, 0.2) is 5.96 Å². The Balaban J connectivity index is 0.00000280. The maximum atomic E-state index is 14.1. The molecule has 6 nitrogen and oxygen atoms in total. The van der Waals surface area contributed by atoms with Crippen LogP contribution in [-0.2, 0) is 22.0 Å². The minimum Gasteiger partial charge on any atom is -0.356 e. The third-order valence-electron chi connectivity index (χ3n) is 4.80. The molecule has 9 heteroatoms. The summed E-state index contributed by atoms with van der Waals surface area (Å²) >= 11 is 0.